The summed E-state index contributed by atoms with van der Waals surface area (Å²) < 4.78 is 41.2. The van der Waals surface area contributed by atoms with Crippen LogP contribution in [-0.2, 0) is 4.74 Å². The van der Waals surface area contributed by atoms with Crippen LogP contribution in [0.1, 0.15) is 12.8 Å². The highest BCUT2D eigenvalue weighted by molar-refractivity contribution is 9.09. The van der Waals surface area contributed by atoms with E-state index in [1.165, 1.54) is 0 Å². The Labute approximate surface area is 77.4 Å². The lowest BCUT2D eigenvalue weighted by atomic mass is 9.99. The second kappa shape index (κ2) is 3.96. The van der Waals surface area contributed by atoms with Gasteiger partial charge in [-0.3, -0.25) is 0 Å². The summed E-state index contributed by atoms with van der Waals surface area (Å²) in [4.78, 5) is 0. The Morgan fingerprint density at radius 1 is 1.33 bits per heavy atom. The van der Waals surface area contributed by atoms with Gasteiger partial charge in [0, 0.05) is 5.33 Å². The van der Waals surface area contributed by atoms with E-state index < -0.39 is 12.1 Å². The summed E-state index contributed by atoms with van der Waals surface area (Å²) >= 11 is 3.18. The first-order chi connectivity index (χ1) is 5.54. The molecule has 0 N–H and O–H groups in total. The Hall–Kier alpha value is 0.230. The van der Waals surface area contributed by atoms with Crippen LogP contribution in [-0.4, -0.2) is 24.2 Å². The fourth-order valence-electron chi connectivity index (χ4n) is 1.19. The zero-order valence-electron chi connectivity index (χ0n) is 6.40. The van der Waals surface area contributed by atoms with E-state index in [0.717, 1.165) is 0 Å². The van der Waals surface area contributed by atoms with Crippen molar-refractivity contribution in [3.05, 3.63) is 0 Å². The smallest absolute Gasteiger partial charge is 0.377 e. The summed E-state index contributed by atoms with van der Waals surface area (Å²) in [5.74, 6) is -1.26. The molecule has 0 spiro atoms. The predicted octanol–water partition coefficient (Wildman–Crippen LogP) is 2.74. The Kier molecular flexibility index (Phi) is 3.40. The number of alkyl halides is 4. The molecular formula is C7H10BrF3O. The fourth-order valence-corrected chi connectivity index (χ4v) is 1.70. The second-order valence-corrected chi connectivity index (χ2v) is 3.57. The topological polar surface area (TPSA) is 9.23 Å². The summed E-state index contributed by atoms with van der Waals surface area (Å²) in [7, 11) is 0. The lowest BCUT2D eigenvalue weighted by Crippen LogP contribution is -2.35. The minimum atomic E-state index is -4.09. The minimum Gasteiger partial charge on any atom is -0.377 e. The number of halogens is 4. The van der Waals surface area contributed by atoms with E-state index >= 15 is 0 Å². The van der Waals surface area contributed by atoms with Gasteiger partial charge in [-0.15, -0.1) is 0 Å². The molecule has 0 aliphatic carbocycles. The molecule has 1 nitrogen and oxygen atoms in total. The number of rotatable bonds is 1. The maximum absolute atomic E-state index is 12.1. The van der Waals surface area contributed by atoms with Gasteiger partial charge in [-0.05, 0) is 12.8 Å². The van der Waals surface area contributed by atoms with Crippen molar-refractivity contribution in [2.24, 2.45) is 5.92 Å². The molecule has 1 heterocycles. The maximum Gasteiger partial charge on any atom is 0.394 e. The monoisotopic (exact) mass is 246 g/mol. The molecule has 0 aromatic heterocycles. The molecule has 1 fully saturated rings. The molecule has 2 atom stereocenters. The van der Waals surface area contributed by atoms with Gasteiger partial charge in [0.1, 0.15) is 0 Å². The second-order valence-electron chi connectivity index (χ2n) is 2.93. The van der Waals surface area contributed by atoms with Crippen LogP contribution < -0.4 is 0 Å². The molecule has 1 rings (SSSR count). The van der Waals surface area contributed by atoms with Gasteiger partial charge in [-0.2, -0.15) is 13.2 Å². The Morgan fingerprint density at radius 2 is 2.00 bits per heavy atom. The molecule has 0 amide bonds. The molecular weight excluding hydrogens is 237 g/mol. The van der Waals surface area contributed by atoms with Crippen molar-refractivity contribution in [3.8, 4) is 0 Å². The summed E-state index contributed by atoms with van der Waals surface area (Å²) in [6, 6.07) is 0. The Morgan fingerprint density at radius 3 is 2.33 bits per heavy atom. The highest BCUT2D eigenvalue weighted by atomic mass is 79.9. The van der Waals surface area contributed by atoms with Crippen LogP contribution in [0, 0.1) is 5.92 Å². The van der Waals surface area contributed by atoms with Crippen molar-refractivity contribution in [2.75, 3.05) is 11.9 Å². The molecule has 0 aromatic carbocycles. The van der Waals surface area contributed by atoms with E-state index in [-0.39, 0.29) is 19.1 Å². The standard InChI is InChI=1S/C7H10BrF3O/c8-3-6-2-1-5(4-12-6)7(9,10)11/h5-6H,1-4H2/t5-,6+/m0/s1. The van der Waals surface area contributed by atoms with Crippen molar-refractivity contribution < 1.29 is 17.9 Å². The van der Waals surface area contributed by atoms with E-state index in [1.54, 1.807) is 0 Å². The maximum atomic E-state index is 12.1. The van der Waals surface area contributed by atoms with Crippen LogP contribution in [0.15, 0.2) is 0 Å². The third-order valence-corrected chi connectivity index (χ3v) is 2.73. The van der Waals surface area contributed by atoms with Crippen molar-refractivity contribution in [1.82, 2.24) is 0 Å². The average molecular weight is 247 g/mol. The van der Waals surface area contributed by atoms with Gasteiger partial charge in [0.25, 0.3) is 0 Å². The quantitative estimate of drug-likeness (QED) is 0.647. The van der Waals surface area contributed by atoms with Gasteiger partial charge >= 0.3 is 6.18 Å². The van der Waals surface area contributed by atoms with Crippen LogP contribution in [0.5, 0.6) is 0 Å². The molecule has 12 heavy (non-hydrogen) atoms. The molecule has 0 radical (unpaired) electrons. The van der Waals surface area contributed by atoms with E-state index in [2.05, 4.69) is 15.9 Å². The summed E-state index contributed by atoms with van der Waals surface area (Å²) in [5, 5.41) is 0.623. The zero-order chi connectivity index (χ0) is 9.19. The van der Waals surface area contributed by atoms with E-state index in [9.17, 15) is 13.2 Å². The SMILES string of the molecule is FC(F)(F)[C@H]1CC[C@H](CBr)OC1. The fraction of sp³-hybridized carbons (Fsp3) is 1.00. The third-order valence-electron chi connectivity index (χ3n) is 2.01. The normalized spacial score (nSPS) is 32.0. The highest BCUT2D eigenvalue weighted by Crippen LogP contribution is 2.33. The largest absolute Gasteiger partial charge is 0.394 e. The molecule has 0 aromatic rings. The number of hydrogen-bond donors (Lipinski definition) is 0. The average Bonchev–Trinajstić information content (AvgIpc) is 2.03. The molecule has 72 valence electrons. The number of ether oxygens (including phenoxy) is 1. The van der Waals surface area contributed by atoms with E-state index in [0.29, 0.717) is 11.8 Å². The van der Waals surface area contributed by atoms with Crippen LogP contribution in [0.2, 0.25) is 0 Å². The lowest BCUT2D eigenvalue weighted by molar-refractivity contribution is -0.205. The first kappa shape index (κ1) is 10.3. The van der Waals surface area contributed by atoms with Gasteiger partial charge in [0.05, 0.1) is 18.6 Å². The predicted molar refractivity (Wildman–Crippen MR) is 42.3 cm³/mol. The Balaban J connectivity index is 2.36. The Bertz CT molecular complexity index is 140. The van der Waals surface area contributed by atoms with Crippen LogP contribution in [0.3, 0.4) is 0 Å². The molecule has 0 saturated carbocycles. The molecule has 1 aliphatic heterocycles. The summed E-state index contributed by atoms with van der Waals surface area (Å²) in [6.07, 6.45) is -3.43. The zero-order valence-corrected chi connectivity index (χ0v) is 7.99. The minimum absolute atomic E-state index is 0.0383. The summed E-state index contributed by atoms with van der Waals surface area (Å²) in [6.45, 7) is -0.181. The van der Waals surface area contributed by atoms with Crippen molar-refractivity contribution in [3.63, 3.8) is 0 Å². The van der Waals surface area contributed by atoms with Crippen LogP contribution in [0.4, 0.5) is 13.2 Å². The summed E-state index contributed by atoms with van der Waals surface area (Å²) in [5.41, 5.74) is 0. The van der Waals surface area contributed by atoms with Crippen LogP contribution >= 0.6 is 15.9 Å². The van der Waals surface area contributed by atoms with E-state index in [4.69, 9.17) is 4.74 Å². The van der Waals surface area contributed by atoms with Gasteiger partial charge in [-0.25, -0.2) is 0 Å². The van der Waals surface area contributed by atoms with Gasteiger partial charge in [-0.1, -0.05) is 15.9 Å². The molecule has 5 heteroatoms. The van der Waals surface area contributed by atoms with Gasteiger partial charge in [0.2, 0.25) is 0 Å². The van der Waals surface area contributed by atoms with Crippen molar-refractivity contribution in [2.45, 2.75) is 25.1 Å². The van der Waals surface area contributed by atoms with Crippen molar-refractivity contribution in [1.29, 1.82) is 0 Å². The molecule has 0 unspecified atom stereocenters. The number of hydrogen-bond acceptors (Lipinski definition) is 1. The van der Waals surface area contributed by atoms with E-state index in [1.807, 2.05) is 0 Å². The molecule has 1 saturated heterocycles. The van der Waals surface area contributed by atoms with Crippen molar-refractivity contribution >= 4 is 15.9 Å². The highest BCUT2D eigenvalue weighted by Gasteiger charge is 2.41. The first-order valence-corrected chi connectivity index (χ1v) is 4.90. The lowest BCUT2D eigenvalue weighted by Gasteiger charge is -2.29. The third kappa shape index (κ3) is 2.62. The first-order valence-electron chi connectivity index (χ1n) is 3.78. The van der Waals surface area contributed by atoms with Gasteiger partial charge < -0.3 is 4.74 Å². The molecule has 0 bridgehead atoms. The molecule has 1 aliphatic rings. The van der Waals surface area contributed by atoms with Crippen LogP contribution in [0.25, 0.3) is 0 Å². The van der Waals surface area contributed by atoms with Gasteiger partial charge in [0.15, 0.2) is 0 Å².